The smallest absolute Gasteiger partial charge is 0.337 e. The van der Waals surface area contributed by atoms with Crippen LogP contribution >= 0.6 is 22.6 Å². The standard InChI is InChI=1S/C12H15IN2O4/c1-19-5-4-9(14)11(16)15-10-3-2-7(13)6-8(10)12(17)18/h2-3,6,9H,4-5,14H2,1H3,(H,15,16)(H,17,18). The van der Waals surface area contributed by atoms with Gasteiger partial charge in [-0.15, -0.1) is 0 Å². The summed E-state index contributed by atoms with van der Waals surface area (Å²) < 4.78 is 5.61. The molecule has 0 aliphatic rings. The van der Waals surface area contributed by atoms with Gasteiger partial charge in [-0.1, -0.05) is 0 Å². The van der Waals surface area contributed by atoms with Crippen LogP contribution in [-0.2, 0) is 9.53 Å². The number of halogens is 1. The molecule has 7 heteroatoms. The average molecular weight is 378 g/mol. The van der Waals surface area contributed by atoms with Gasteiger partial charge in [-0.3, -0.25) is 4.79 Å². The highest BCUT2D eigenvalue weighted by Gasteiger charge is 2.17. The zero-order valence-electron chi connectivity index (χ0n) is 10.4. The number of rotatable bonds is 6. The van der Waals surface area contributed by atoms with Crippen molar-refractivity contribution in [2.45, 2.75) is 12.5 Å². The Hall–Kier alpha value is -1.19. The average Bonchev–Trinajstić information content (AvgIpc) is 2.37. The van der Waals surface area contributed by atoms with Crippen molar-refractivity contribution >= 4 is 40.2 Å². The summed E-state index contributed by atoms with van der Waals surface area (Å²) in [7, 11) is 1.52. The number of amides is 1. The van der Waals surface area contributed by atoms with Crippen molar-refractivity contribution in [3.8, 4) is 0 Å². The van der Waals surface area contributed by atoms with Crippen LogP contribution < -0.4 is 11.1 Å². The fourth-order valence-corrected chi connectivity index (χ4v) is 1.89. The largest absolute Gasteiger partial charge is 0.478 e. The summed E-state index contributed by atoms with van der Waals surface area (Å²) in [5.41, 5.74) is 5.95. The van der Waals surface area contributed by atoms with Crippen molar-refractivity contribution < 1.29 is 19.4 Å². The summed E-state index contributed by atoms with van der Waals surface area (Å²) in [6.45, 7) is 0.368. The minimum atomic E-state index is -1.10. The van der Waals surface area contributed by atoms with Gasteiger partial charge in [0.1, 0.15) is 0 Å². The maximum Gasteiger partial charge on any atom is 0.337 e. The molecule has 0 saturated carbocycles. The predicted molar refractivity (Wildman–Crippen MR) is 79.2 cm³/mol. The number of nitrogens with two attached hydrogens (primary N) is 1. The van der Waals surface area contributed by atoms with E-state index in [9.17, 15) is 9.59 Å². The van der Waals surface area contributed by atoms with E-state index >= 15 is 0 Å². The van der Waals surface area contributed by atoms with E-state index in [1.165, 1.54) is 13.2 Å². The van der Waals surface area contributed by atoms with Crippen LogP contribution in [0.25, 0.3) is 0 Å². The first kappa shape index (κ1) is 15.9. The number of hydrogen-bond donors (Lipinski definition) is 3. The molecule has 0 bridgehead atoms. The molecule has 0 fully saturated rings. The zero-order chi connectivity index (χ0) is 14.4. The maximum atomic E-state index is 11.8. The van der Waals surface area contributed by atoms with Gasteiger partial charge >= 0.3 is 5.97 Å². The van der Waals surface area contributed by atoms with Gasteiger partial charge in [-0.25, -0.2) is 4.79 Å². The summed E-state index contributed by atoms with van der Waals surface area (Å²) >= 11 is 2.00. The Kier molecular flexibility index (Phi) is 6.19. The van der Waals surface area contributed by atoms with Crippen LogP contribution in [-0.4, -0.2) is 36.7 Å². The van der Waals surface area contributed by atoms with E-state index in [-0.39, 0.29) is 11.3 Å². The Bertz CT molecular complexity index is 479. The molecule has 1 amide bonds. The van der Waals surface area contributed by atoms with Gasteiger partial charge in [-0.2, -0.15) is 0 Å². The number of carbonyl (C=O) groups excluding carboxylic acids is 1. The number of hydrogen-bond acceptors (Lipinski definition) is 4. The fourth-order valence-electron chi connectivity index (χ4n) is 1.40. The number of carbonyl (C=O) groups is 2. The summed E-state index contributed by atoms with van der Waals surface area (Å²) in [6.07, 6.45) is 0.370. The minimum absolute atomic E-state index is 0.0409. The fraction of sp³-hybridized carbons (Fsp3) is 0.333. The van der Waals surface area contributed by atoms with Gasteiger partial charge in [0.2, 0.25) is 5.91 Å². The molecule has 1 aromatic rings. The summed E-state index contributed by atoms with van der Waals surface area (Å²) in [5, 5.41) is 11.6. The summed E-state index contributed by atoms with van der Waals surface area (Å²) in [5.74, 6) is -1.53. The number of nitrogens with one attached hydrogen (secondary N) is 1. The zero-order valence-corrected chi connectivity index (χ0v) is 12.5. The third kappa shape index (κ3) is 4.77. The molecule has 1 unspecified atom stereocenters. The number of benzene rings is 1. The van der Waals surface area contributed by atoms with E-state index in [1.54, 1.807) is 12.1 Å². The Labute approximate surface area is 124 Å². The molecule has 0 aromatic heterocycles. The van der Waals surface area contributed by atoms with Gasteiger partial charge in [0, 0.05) is 17.3 Å². The molecule has 1 rings (SSSR count). The molecule has 0 aliphatic carbocycles. The quantitative estimate of drug-likeness (QED) is 0.648. The highest BCUT2D eigenvalue weighted by atomic mass is 127. The predicted octanol–water partition coefficient (Wildman–Crippen LogP) is 1.29. The Morgan fingerprint density at radius 2 is 2.21 bits per heavy atom. The van der Waals surface area contributed by atoms with Crippen molar-refractivity contribution in [3.63, 3.8) is 0 Å². The van der Waals surface area contributed by atoms with Crippen LogP contribution in [0.15, 0.2) is 18.2 Å². The van der Waals surface area contributed by atoms with E-state index in [1.807, 2.05) is 22.6 Å². The minimum Gasteiger partial charge on any atom is -0.478 e. The maximum absolute atomic E-state index is 11.8. The highest BCUT2D eigenvalue weighted by molar-refractivity contribution is 14.1. The summed E-state index contributed by atoms with van der Waals surface area (Å²) in [6, 6.07) is 4.01. The van der Waals surface area contributed by atoms with Gasteiger partial charge in [-0.05, 0) is 47.2 Å². The van der Waals surface area contributed by atoms with Crippen LogP contribution in [0.5, 0.6) is 0 Å². The molecule has 0 radical (unpaired) electrons. The van der Waals surface area contributed by atoms with Crippen molar-refractivity contribution in [2.75, 3.05) is 19.0 Å². The van der Waals surface area contributed by atoms with E-state index in [2.05, 4.69) is 5.32 Å². The van der Waals surface area contributed by atoms with Crippen molar-refractivity contribution in [1.82, 2.24) is 0 Å². The topological polar surface area (TPSA) is 102 Å². The number of ether oxygens (including phenoxy) is 1. The molecule has 1 atom stereocenters. The van der Waals surface area contributed by atoms with Gasteiger partial charge in [0.15, 0.2) is 0 Å². The third-order valence-corrected chi connectivity index (χ3v) is 3.11. The van der Waals surface area contributed by atoms with E-state index in [0.29, 0.717) is 13.0 Å². The molecule has 19 heavy (non-hydrogen) atoms. The van der Waals surface area contributed by atoms with Crippen LogP contribution in [0.1, 0.15) is 16.8 Å². The molecule has 6 nitrogen and oxygen atoms in total. The molecule has 4 N–H and O–H groups in total. The number of anilines is 1. The van der Waals surface area contributed by atoms with Crippen molar-refractivity contribution in [2.24, 2.45) is 5.73 Å². The monoisotopic (exact) mass is 378 g/mol. The molecule has 0 spiro atoms. The van der Waals surface area contributed by atoms with Gasteiger partial charge < -0.3 is 20.9 Å². The van der Waals surface area contributed by atoms with Crippen LogP contribution in [0.4, 0.5) is 5.69 Å². The number of carboxylic acids is 1. The first-order chi connectivity index (χ1) is 8.95. The normalized spacial score (nSPS) is 11.9. The van der Waals surface area contributed by atoms with Crippen LogP contribution in [0, 0.1) is 3.57 Å². The molecule has 0 aliphatic heterocycles. The Morgan fingerprint density at radius 1 is 1.53 bits per heavy atom. The summed E-state index contributed by atoms with van der Waals surface area (Å²) in [4.78, 5) is 22.9. The molecule has 1 aromatic carbocycles. The molecule has 0 saturated heterocycles. The number of methoxy groups -OCH3 is 1. The van der Waals surface area contributed by atoms with E-state index in [0.717, 1.165) is 3.57 Å². The second-order valence-corrected chi connectivity index (χ2v) is 5.12. The highest BCUT2D eigenvalue weighted by Crippen LogP contribution is 2.19. The molecular weight excluding hydrogens is 363 g/mol. The number of aromatic carboxylic acids is 1. The molecular formula is C12H15IN2O4. The van der Waals surface area contributed by atoms with Gasteiger partial charge in [0.05, 0.1) is 17.3 Å². The Balaban J connectivity index is 2.81. The van der Waals surface area contributed by atoms with Gasteiger partial charge in [0.25, 0.3) is 0 Å². The third-order valence-electron chi connectivity index (χ3n) is 2.44. The second-order valence-electron chi connectivity index (χ2n) is 3.87. The second kappa shape index (κ2) is 7.41. The first-order valence-electron chi connectivity index (χ1n) is 5.54. The van der Waals surface area contributed by atoms with Crippen LogP contribution in [0.2, 0.25) is 0 Å². The first-order valence-corrected chi connectivity index (χ1v) is 6.61. The molecule has 104 valence electrons. The van der Waals surface area contributed by atoms with E-state index in [4.69, 9.17) is 15.6 Å². The lowest BCUT2D eigenvalue weighted by Crippen LogP contribution is -2.36. The van der Waals surface area contributed by atoms with Crippen molar-refractivity contribution in [1.29, 1.82) is 0 Å². The lowest BCUT2D eigenvalue weighted by Gasteiger charge is -2.13. The van der Waals surface area contributed by atoms with E-state index < -0.39 is 17.9 Å². The lowest BCUT2D eigenvalue weighted by molar-refractivity contribution is -0.117. The number of carboxylic acid groups (broad SMARTS) is 1. The van der Waals surface area contributed by atoms with Crippen LogP contribution in [0.3, 0.4) is 0 Å². The lowest BCUT2D eigenvalue weighted by atomic mass is 10.1. The Morgan fingerprint density at radius 3 is 2.79 bits per heavy atom. The SMILES string of the molecule is COCCC(N)C(=O)Nc1ccc(I)cc1C(=O)O. The molecule has 0 heterocycles. The van der Waals surface area contributed by atoms with Crippen molar-refractivity contribution in [3.05, 3.63) is 27.3 Å².